The molecule has 1 aliphatic rings. The highest BCUT2D eigenvalue weighted by atomic mass is 14.9. The summed E-state index contributed by atoms with van der Waals surface area (Å²) in [5.74, 6) is 2.66. The van der Waals surface area contributed by atoms with E-state index in [4.69, 9.17) is 0 Å². The van der Waals surface area contributed by atoms with Crippen molar-refractivity contribution in [3.63, 3.8) is 0 Å². The van der Waals surface area contributed by atoms with Gasteiger partial charge in [-0.1, -0.05) is 40.5 Å². The summed E-state index contributed by atoms with van der Waals surface area (Å²) in [4.78, 5) is 0. The largest absolute Gasteiger partial charge is 0.314 e. The van der Waals surface area contributed by atoms with Gasteiger partial charge in [0, 0.05) is 6.04 Å². The van der Waals surface area contributed by atoms with Gasteiger partial charge >= 0.3 is 0 Å². The summed E-state index contributed by atoms with van der Waals surface area (Å²) < 4.78 is 0. The molecule has 1 atom stereocenters. The van der Waals surface area contributed by atoms with Crippen molar-refractivity contribution in [2.75, 3.05) is 6.54 Å². The molecule has 1 heteroatoms. The molecule has 0 heterocycles. The Kier molecular flexibility index (Phi) is 6.41. The van der Waals surface area contributed by atoms with E-state index in [1.54, 1.807) is 0 Å². The van der Waals surface area contributed by atoms with Crippen molar-refractivity contribution in [1.82, 2.24) is 5.32 Å². The third kappa shape index (κ3) is 4.86. The summed E-state index contributed by atoms with van der Waals surface area (Å²) in [6.07, 6.45) is 8.57. The molecule has 1 fully saturated rings. The van der Waals surface area contributed by atoms with Crippen molar-refractivity contribution in [3.05, 3.63) is 0 Å². The summed E-state index contributed by atoms with van der Waals surface area (Å²) >= 11 is 0. The summed E-state index contributed by atoms with van der Waals surface area (Å²) in [6.45, 7) is 10.5. The first-order valence-electron chi connectivity index (χ1n) is 7.36. The van der Waals surface area contributed by atoms with Crippen LogP contribution in [0.3, 0.4) is 0 Å². The van der Waals surface area contributed by atoms with Crippen LogP contribution < -0.4 is 5.32 Å². The highest BCUT2D eigenvalue weighted by Crippen LogP contribution is 2.27. The fraction of sp³-hybridized carbons (Fsp3) is 1.00. The standard InChI is InChI=1S/C15H31N/c1-5-6-14-7-9-15(10-8-14)16-11-13(4)12(2)3/h12-16H,5-11H2,1-4H3. The number of hydrogen-bond acceptors (Lipinski definition) is 1. The molecule has 16 heavy (non-hydrogen) atoms. The van der Waals surface area contributed by atoms with Crippen LogP contribution >= 0.6 is 0 Å². The van der Waals surface area contributed by atoms with Crippen LogP contribution in [0.5, 0.6) is 0 Å². The van der Waals surface area contributed by atoms with E-state index in [0.29, 0.717) is 0 Å². The smallest absolute Gasteiger partial charge is 0.00673 e. The van der Waals surface area contributed by atoms with Gasteiger partial charge in [-0.25, -0.2) is 0 Å². The number of hydrogen-bond donors (Lipinski definition) is 1. The lowest BCUT2D eigenvalue weighted by molar-refractivity contribution is 0.263. The zero-order valence-electron chi connectivity index (χ0n) is 11.8. The van der Waals surface area contributed by atoms with Crippen LogP contribution in [0.25, 0.3) is 0 Å². The van der Waals surface area contributed by atoms with E-state index in [9.17, 15) is 0 Å². The lowest BCUT2D eigenvalue weighted by atomic mass is 9.83. The van der Waals surface area contributed by atoms with Crippen molar-refractivity contribution in [2.24, 2.45) is 17.8 Å². The Hall–Kier alpha value is -0.0400. The summed E-state index contributed by atoms with van der Waals surface area (Å²) in [5.41, 5.74) is 0. The van der Waals surface area contributed by atoms with Crippen molar-refractivity contribution in [1.29, 1.82) is 0 Å². The molecule has 0 aromatic rings. The Labute approximate surface area is 102 Å². The van der Waals surface area contributed by atoms with E-state index < -0.39 is 0 Å². The van der Waals surface area contributed by atoms with Crippen molar-refractivity contribution in [3.8, 4) is 0 Å². The van der Waals surface area contributed by atoms with Gasteiger partial charge in [-0.05, 0) is 50.0 Å². The second-order valence-corrected chi connectivity index (χ2v) is 6.14. The molecule has 0 radical (unpaired) electrons. The first-order valence-corrected chi connectivity index (χ1v) is 7.36. The van der Waals surface area contributed by atoms with E-state index in [-0.39, 0.29) is 0 Å². The molecule has 96 valence electrons. The third-order valence-electron chi connectivity index (χ3n) is 4.41. The molecule has 1 unspecified atom stereocenters. The maximum absolute atomic E-state index is 3.77. The molecular formula is C15H31N. The second kappa shape index (κ2) is 7.32. The molecule has 1 N–H and O–H groups in total. The van der Waals surface area contributed by atoms with Gasteiger partial charge in [0.25, 0.3) is 0 Å². The first-order chi connectivity index (χ1) is 7.63. The molecule has 1 nitrogen and oxygen atoms in total. The van der Waals surface area contributed by atoms with Crippen LogP contribution in [0.1, 0.15) is 66.2 Å². The fourth-order valence-electron chi connectivity index (χ4n) is 2.65. The maximum atomic E-state index is 3.77. The van der Waals surface area contributed by atoms with Crippen molar-refractivity contribution < 1.29 is 0 Å². The highest BCUT2D eigenvalue weighted by molar-refractivity contribution is 4.77. The van der Waals surface area contributed by atoms with E-state index in [1.165, 1.54) is 45.1 Å². The summed E-state index contributed by atoms with van der Waals surface area (Å²) in [7, 11) is 0. The lowest BCUT2D eigenvalue weighted by Crippen LogP contribution is -2.36. The normalized spacial score (nSPS) is 28.3. The van der Waals surface area contributed by atoms with Crippen LogP contribution in [0, 0.1) is 17.8 Å². The zero-order chi connectivity index (χ0) is 12.0. The predicted molar refractivity (Wildman–Crippen MR) is 72.7 cm³/mol. The van der Waals surface area contributed by atoms with Gasteiger partial charge < -0.3 is 5.32 Å². The first kappa shape index (κ1) is 14.0. The quantitative estimate of drug-likeness (QED) is 0.713. The molecule has 0 amide bonds. The topological polar surface area (TPSA) is 12.0 Å². The third-order valence-corrected chi connectivity index (χ3v) is 4.41. The van der Waals surface area contributed by atoms with Crippen LogP contribution in [-0.2, 0) is 0 Å². The Morgan fingerprint density at radius 3 is 2.19 bits per heavy atom. The van der Waals surface area contributed by atoms with Gasteiger partial charge in [-0.3, -0.25) is 0 Å². The molecule has 0 saturated heterocycles. The molecule has 0 spiro atoms. The Bertz CT molecular complexity index is 168. The Morgan fingerprint density at radius 1 is 1.06 bits per heavy atom. The van der Waals surface area contributed by atoms with E-state index in [0.717, 1.165) is 23.8 Å². The lowest BCUT2D eigenvalue weighted by Gasteiger charge is -2.30. The molecule has 0 aromatic carbocycles. The zero-order valence-corrected chi connectivity index (χ0v) is 11.8. The van der Waals surface area contributed by atoms with Gasteiger partial charge in [0.05, 0.1) is 0 Å². The van der Waals surface area contributed by atoms with Crippen LogP contribution in [0.4, 0.5) is 0 Å². The molecule has 0 aliphatic heterocycles. The van der Waals surface area contributed by atoms with E-state index in [2.05, 4.69) is 33.0 Å². The molecule has 0 bridgehead atoms. The maximum Gasteiger partial charge on any atom is 0.00673 e. The number of nitrogens with one attached hydrogen (secondary N) is 1. The average molecular weight is 225 g/mol. The summed E-state index contributed by atoms with van der Waals surface area (Å²) in [5, 5.41) is 3.77. The molecule has 0 aromatic heterocycles. The summed E-state index contributed by atoms with van der Waals surface area (Å²) in [6, 6.07) is 0.814. The average Bonchev–Trinajstić information content (AvgIpc) is 2.28. The Balaban J connectivity index is 2.12. The van der Waals surface area contributed by atoms with Gasteiger partial charge in [-0.15, -0.1) is 0 Å². The van der Waals surface area contributed by atoms with Gasteiger partial charge in [0.2, 0.25) is 0 Å². The minimum absolute atomic E-state index is 0.809. The molecule has 1 rings (SSSR count). The minimum Gasteiger partial charge on any atom is -0.314 e. The van der Waals surface area contributed by atoms with Crippen LogP contribution in [-0.4, -0.2) is 12.6 Å². The van der Waals surface area contributed by atoms with Crippen LogP contribution in [0.2, 0.25) is 0 Å². The molecule has 1 saturated carbocycles. The number of rotatable bonds is 6. The van der Waals surface area contributed by atoms with E-state index >= 15 is 0 Å². The predicted octanol–water partition coefficient (Wildman–Crippen LogP) is 4.23. The monoisotopic (exact) mass is 225 g/mol. The fourth-order valence-corrected chi connectivity index (χ4v) is 2.65. The SMILES string of the molecule is CCCC1CCC(NCC(C)C(C)C)CC1. The van der Waals surface area contributed by atoms with Crippen molar-refractivity contribution >= 4 is 0 Å². The second-order valence-electron chi connectivity index (χ2n) is 6.14. The van der Waals surface area contributed by atoms with Crippen molar-refractivity contribution in [2.45, 2.75) is 72.3 Å². The molecular weight excluding hydrogens is 194 g/mol. The van der Waals surface area contributed by atoms with E-state index in [1.807, 2.05) is 0 Å². The highest BCUT2D eigenvalue weighted by Gasteiger charge is 2.20. The Morgan fingerprint density at radius 2 is 1.69 bits per heavy atom. The minimum atomic E-state index is 0.809. The molecule has 1 aliphatic carbocycles. The van der Waals surface area contributed by atoms with Gasteiger partial charge in [0.1, 0.15) is 0 Å². The van der Waals surface area contributed by atoms with Gasteiger partial charge in [-0.2, -0.15) is 0 Å². The van der Waals surface area contributed by atoms with Crippen LogP contribution in [0.15, 0.2) is 0 Å². The van der Waals surface area contributed by atoms with Gasteiger partial charge in [0.15, 0.2) is 0 Å².